The van der Waals surface area contributed by atoms with Crippen molar-refractivity contribution >= 4 is 11.9 Å². The Labute approximate surface area is 97.4 Å². The summed E-state index contributed by atoms with van der Waals surface area (Å²) in [5.41, 5.74) is 0.801. The van der Waals surface area contributed by atoms with Gasteiger partial charge >= 0.3 is 5.97 Å². The van der Waals surface area contributed by atoms with E-state index in [1.807, 2.05) is 6.92 Å². The molecule has 1 rings (SSSR count). The summed E-state index contributed by atoms with van der Waals surface area (Å²) < 4.78 is 4.87. The first kappa shape index (κ1) is 13.2. The maximum Gasteiger partial charge on any atom is 0.334 e. The van der Waals surface area contributed by atoms with E-state index in [1.54, 1.807) is 6.92 Å². The van der Waals surface area contributed by atoms with Crippen molar-refractivity contribution in [1.82, 2.24) is 10.5 Å². The number of nitrogens with one attached hydrogen (secondary N) is 1. The Morgan fingerprint density at radius 2 is 2.18 bits per heavy atom. The van der Waals surface area contributed by atoms with Crippen LogP contribution in [0.1, 0.15) is 28.7 Å². The maximum atomic E-state index is 11.7. The molecular weight excluding hydrogens is 228 g/mol. The number of aliphatic hydroxyl groups excluding tert-OH is 1. The van der Waals surface area contributed by atoms with E-state index in [0.717, 1.165) is 0 Å². The van der Waals surface area contributed by atoms with Gasteiger partial charge in [0.2, 0.25) is 0 Å². The van der Waals surface area contributed by atoms with Crippen LogP contribution in [0.15, 0.2) is 4.52 Å². The highest BCUT2D eigenvalue weighted by Crippen LogP contribution is 2.13. The van der Waals surface area contributed by atoms with E-state index >= 15 is 0 Å². The van der Waals surface area contributed by atoms with E-state index in [-0.39, 0.29) is 6.54 Å². The molecule has 0 fully saturated rings. The van der Waals surface area contributed by atoms with Crippen molar-refractivity contribution in [3.8, 4) is 0 Å². The van der Waals surface area contributed by atoms with Gasteiger partial charge in [0.1, 0.15) is 11.3 Å². The molecule has 7 heteroatoms. The number of hydrogen-bond acceptors (Lipinski definition) is 5. The van der Waals surface area contributed by atoms with Crippen LogP contribution in [-0.2, 0) is 11.2 Å². The van der Waals surface area contributed by atoms with E-state index in [1.165, 1.54) is 0 Å². The molecule has 1 aromatic heterocycles. The first-order chi connectivity index (χ1) is 7.97. The van der Waals surface area contributed by atoms with Gasteiger partial charge < -0.3 is 20.1 Å². The minimum absolute atomic E-state index is 0.296. The SMILES string of the molecule is CCc1noc(C)c1C(=O)NCC(O)C(=O)O. The van der Waals surface area contributed by atoms with Crippen molar-refractivity contribution in [3.05, 3.63) is 17.0 Å². The zero-order chi connectivity index (χ0) is 13.0. The second kappa shape index (κ2) is 5.44. The van der Waals surface area contributed by atoms with Gasteiger partial charge in [-0.05, 0) is 13.3 Å². The third kappa shape index (κ3) is 3.04. The van der Waals surface area contributed by atoms with Gasteiger partial charge in [0.05, 0.1) is 12.2 Å². The minimum atomic E-state index is -1.62. The zero-order valence-corrected chi connectivity index (χ0v) is 9.56. The zero-order valence-electron chi connectivity index (χ0n) is 9.56. The van der Waals surface area contributed by atoms with E-state index < -0.39 is 18.0 Å². The fraction of sp³-hybridized carbons (Fsp3) is 0.500. The highest BCUT2D eigenvalue weighted by Gasteiger charge is 2.21. The molecule has 7 nitrogen and oxygen atoms in total. The number of amides is 1. The van der Waals surface area contributed by atoms with Crippen LogP contribution in [0, 0.1) is 6.92 Å². The largest absolute Gasteiger partial charge is 0.479 e. The summed E-state index contributed by atoms with van der Waals surface area (Å²) in [5, 5.41) is 23.5. The fourth-order valence-electron chi connectivity index (χ4n) is 1.32. The second-order valence-electron chi connectivity index (χ2n) is 3.48. The molecule has 0 aliphatic rings. The molecule has 1 atom stereocenters. The van der Waals surface area contributed by atoms with Gasteiger partial charge in [-0.2, -0.15) is 0 Å². The van der Waals surface area contributed by atoms with Gasteiger partial charge in [-0.15, -0.1) is 0 Å². The molecule has 1 aromatic rings. The van der Waals surface area contributed by atoms with Crippen molar-refractivity contribution in [2.24, 2.45) is 0 Å². The van der Waals surface area contributed by atoms with Gasteiger partial charge in [0.25, 0.3) is 5.91 Å². The Bertz CT molecular complexity index is 426. The number of rotatable bonds is 5. The van der Waals surface area contributed by atoms with Crippen molar-refractivity contribution in [2.75, 3.05) is 6.54 Å². The molecule has 0 aliphatic heterocycles. The lowest BCUT2D eigenvalue weighted by Gasteiger charge is -2.07. The van der Waals surface area contributed by atoms with E-state index in [4.69, 9.17) is 14.7 Å². The van der Waals surface area contributed by atoms with Crippen LogP contribution in [0.4, 0.5) is 0 Å². The molecule has 1 unspecified atom stereocenters. The molecule has 0 aliphatic carbocycles. The summed E-state index contributed by atoms with van der Waals surface area (Å²) in [6.07, 6.45) is -1.09. The van der Waals surface area contributed by atoms with E-state index in [2.05, 4.69) is 10.5 Å². The molecular formula is C10H14N2O5. The van der Waals surface area contributed by atoms with Gasteiger partial charge in [-0.25, -0.2) is 4.79 Å². The molecule has 0 radical (unpaired) electrons. The Balaban J connectivity index is 2.70. The lowest BCUT2D eigenvalue weighted by molar-refractivity contribution is -0.146. The van der Waals surface area contributed by atoms with Gasteiger partial charge in [-0.1, -0.05) is 12.1 Å². The van der Waals surface area contributed by atoms with Crippen molar-refractivity contribution in [1.29, 1.82) is 0 Å². The second-order valence-corrected chi connectivity index (χ2v) is 3.48. The van der Waals surface area contributed by atoms with Crippen LogP contribution in [-0.4, -0.2) is 39.9 Å². The molecule has 1 heterocycles. The first-order valence-corrected chi connectivity index (χ1v) is 5.11. The smallest absolute Gasteiger partial charge is 0.334 e. The maximum absolute atomic E-state index is 11.7. The fourth-order valence-corrected chi connectivity index (χ4v) is 1.32. The van der Waals surface area contributed by atoms with E-state index in [9.17, 15) is 9.59 Å². The number of carbonyl (C=O) groups excluding carboxylic acids is 1. The third-order valence-corrected chi connectivity index (χ3v) is 2.24. The molecule has 0 aromatic carbocycles. The summed E-state index contributed by atoms with van der Waals surface area (Å²) in [6.45, 7) is 3.05. The number of nitrogens with zero attached hydrogens (tertiary/aromatic N) is 1. The number of aromatic nitrogens is 1. The monoisotopic (exact) mass is 242 g/mol. The highest BCUT2D eigenvalue weighted by molar-refractivity contribution is 5.96. The first-order valence-electron chi connectivity index (χ1n) is 5.11. The molecule has 1 amide bonds. The predicted octanol–water partition coefficient (Wildman–Crippen LogP) is -0.279. The molecule has 3 N–H and O–H groups in total. The Kier molecular flexibility index (Phi) is 4.22. The summed E-state index contributed by atoms with van der Waals surface area (Å²) >= 11 is 0. The number of aliphatic carboxylic acids is 1. The highest BCUT2D eigenvalue weighted by atomic mass is 16.5. The lowest BCUT2D eigenvalue weighted by atomic mass is 10.1. The van der Waals surface area contributed by atoms with Gasteiger partial charge in [0, 0.05) is 0 Å². The minimum Gasteiger partial charge on any atom is -0.479 e. The average Bonchev–Trinajstić information content (AvgIpc) is 2.66. The Hall–Kier alpha value is -1.89. The van der Waals surface area contributed by atoms with Gasteiger partial charge in [0.15, 0.2) is 6.10 Å². The molecule has 0 saturated heterocycles. The molecule has 0 saturated carbocycles. The van der Waals surface area contributed by atoms with Crippen LogP contribution in [0.5, 0.6) is 0 Å². The quantitative estimate of drug-likeness (QED) is 0.654. The molecule has 0 bridgehead atoms. The number of carboxylic acids is 1. The van der Waals surface area contributed by atoms with Crippen molar-refractivity contribution < 1.29 is 24.3 Å². The lowest BCUT2D eigenvalue weighted by Crippen LogP contribution is -2.36. The molecule has 0 spiro atoms. The van der Waals surface area contributed by atoms with Crippen LogP contribution < -0.4 is 5.32 Å². The number of aliphatic hydroxyl groups is 1. The Morgan fingerprint density at radius 1 is 1.53 bits per heavy atom. The Morgan fingerprint density at radius 3 is 2.71 bits per heavy atom. The van der Waals surface area contributed by atoms with Crippen molar-refractivity contribution in [3.63, 3.8) is 0 Å². The number of hydrogen-bond donors (Lipinski definition) is 3. The third-order valence-electron chi connectivity index (χ3n) is 2.24. The van der Waals surface area contributed by atoms with Crippen LogP contribution in [0.2, 0.25) is 0 Å². The normalized spacial score (nSPS) is 12.2. The molecule has 94 valence electrons. The summed E-state index contributed by atoms with van der Waals surface area (Å²) in [4.78, 5) is 22.1. The van der Waals surface area contributed by atoms with Crippen LogP contribution >= 0.6 is 0 Å². The number of carboxylic acid groups (broad SMARTS) is 1. The van der Waals surface area contributed by atoms with E-state index in [0.29, 0.717) is 23.4 Å². The molecule has 17 heavy (non-hydrogen) atoms. The van der Waals surface area contributed by atoms with Crippen LogP contribution in [0.25, 0.3) is 0 Å². The average molecular weight is 242 g/mol. The number of aryl methyl sites for hydroxylation is 2. The topological polar surface area (TPSA) is 113 Å². The van der Waals surface area contributed by atoms with Gasteiger partial charge in [-0.3, -0.25) is 4.79 Å². The predicted molar refractivity (Wildman–Crippen MR) is 56.6 cm³/mol. The van der Waals surface area contributed by atoms with Crippen molar-refractivity contribution in [2.45, 2.75) is 26.4 Å². The summed E-state index contributed by atoms with van der Waals surface area (Å²) in [5.74, 6) is -1.52. The van der Waals surface area contributed by atoms with Crippen LogP contribution in [0.3, 0.4) is 0 Å². The number of carbonyl (C=O) groups is 2. The standard InChI is InChI=1S/C10H14N2O5/c1-3-6-8(5(2)17-12-6)9(14)11-4-7(13)10(15)16/h7,13H,3-4H2,1-2H3,(H,11,14)(H,15,16). The summed E-state index contributed by atoms with van der Waals surface area (Å²) in [7, 11) is 0. The summed E-state index contributed by atoms with van der Waals surface area (Å²) in [6, 6.07) is 0.